The maximum Gasteiger partial charge on any atom is 0.326 e. The van der Waals surface area contributed by atoms with Crippen molar-refractivity contribution in [2.45, 2.75) is 128 Å². The fourth-order valence-electron chi connectivity index (χ4n) is 9.06. The minimum Gasteiger partial charge on any atom is -0.508 e. The van der Waals surface area contributed by atoms with E-state index in [9.17, 15) is 69.3 Å². The van der Waals surface area contributed by atoms with Crippen LogP contribution in [0.1, 0.15) is 92.4 Å². The summed E-state index contributed by atoms with van der Waals surface area (Å²) < 4.78 is 9.30. The molecule has 28 heteroatoms. The number of urea groups is 1. The van der Waals surface area contributed by atoms with Crippen molar-refractivity contribution in [3.8, 4) is 17.2 Å². The number of carbonyl (C=O) groups is 7. The number of carboxylic acid groups (broad SMARTS) is 5. The van der Waals surface area contributed by atoms with Crippen molar-refractivity contribution >= 4 is 41.8 Å². The van der Waals surface area contributed by atoms with E-state index in [1.165, 1.54) is 0 Å². The van der Waals surface area contributed by atoms with E-state index < -0.39 is 60.6 Å². The molecule has 3 unspecified atom stereocenters. The first-order chi connectivity index (χ1) is 40.8. The zero-order valence-corrected chi connectivity index (χ0v) is 47.3. The quantitative estimate of drug-likeness (QED) is 0.0197. The van der Waals surface area contributed by atoms with Gasteiger partial charge in [-0.25, -0.2) is 19.4 Å². The van der Waals surface area contributed by atoms with E-state index >= 15 is 0 Å². The Morgan fingerprint density at radius 3 is 1.94 bits per heavy atom. The Kier molecular flexibility index (Phi) is 28.5. The third-order valence-electron chi connectivity index (χ3n) is 13.5. The second kappa shape index (κ2) is 36.1. The van der Waals surface area contributed by atoms with Gasteiger partial charge >= 0.3 is 35.9 Å². The van der Waals surface area contributed by atoms with Crippen LogP contribution < -0.4 is 26.0 Å². The summed E-state index contributed by atoms with van der Waals surface area (Å²) in [6, 6.07) is 17.3. The number of hydrogen-bond donors (Lipinski definition) is 12. The van der Waals surface area contributed by atoms with Crippen LogP contribution in [0.4, 0.5) is 4.79 Å². The molecule has 5 rings (SSSR count). The first-order valence-electron chi connectivity index (χ1n) is 28.0. The summed E-state index contributed by atoms with van der Waals surface area (Å²) in [4.78, 5) is 92.3. The number of aromatic nitrogens is 5. The van der Waals surface area contributed by atoms with Crippen LogP contribution in [0.3, 0.4) is 0 Å². The highest BCUT2D eigenvalue weighted by atomic mass is 16.5. The molecular formula is C57H78N12O16. The number of ether oxygens (including phenoxy) is 1. The zero-order chi connectivity index (χ0) is 61.5. The van der Waals surface area contributed by atoms with Crippen LogP contribution in [0.5, 0.6) is 17.2 Å². The van der Waals surface area contributed by atoms with Crippen molar-refractivity contribution in [1.29, 1.82) is 0 Å². The minimum atomic E-state index is -1.52. The number of phenols is 2. The van der Waals surface area contributed by atoms with Gasteiger partial charge < -0.3 is 66.1 Å². The summed E-state index contributed by atoms with van der Waals surface area (Å²) in [6.07, 6.45) is 6.72. The van der Waals surface area contributed by atoms with Crippen molar-refractivity contribution in [2.75, 3.05) is 45.8 Å². The van der Waals surface area contributed by atoms with E-state index in [-0.39, 0.29) is 76.0 Å². The summed E-state index contributed by atoms with van der Waals surface area (Å²) >= 11 is 0. The molecular weight excluding hydrogens is 1110 g/mol. The Morgan fingerprint density at radius 2 is 1.29 bits per heavy atom. The summed E-state index contributed by atoms with van der Waals surface area (Å²) in [5.41, 5.74) is 2.81. The van der Waals surface area contributed by atoms with Gasteiger partial charge in [0.05, 0.1) is 19.3 Å². The SMILES string of the molecule is O=C(O)CCC(NC(=O)NC(CCCCNC(=O)CCCCCN(Cc1ccc(OCc2cn(CCCNC(O)CN(CCN(CC(=O)O)Cc3ccccc3O)Cc3ccccc3O)nn2)cc1)Cc1nccn1CC(=O)O)C(=O)O)C(=O)O. The molecule has 462 valence electrons. The number of imidazole rings is 1. The van der Waals surface area contributed by atoms with Gasteiger partial charge in [-0.2, -0.15) is 0 Å². The second-order valence-electron chi connectivity index (χ2n) is 20.4. The monoisotopic (exact) mass is 1190 g/mol. The first kappa shape index (κ1) is 67.1. The number of unbranched alkanes of at least 4 members (excludes halogenated alkanes) is 3. The largest absolute Gasteiger partial charge is 0.508 e. The number of aliphatic hydroxyl groups excluding tert-OH is 1. The highest BCUT2D eigenvalue weighted by molar-refractivity contribution is 5.86. The van der Waals surface area contributed by atoms with E-state index in [2.05, 4.69) is 41.5 Å². The van der Waals surface area contributed by atoms with Crippen LogP contribution in [0, 0.1) is 0 Å². The van der Waals surface area contributed by atoms with E-state index in [0.717, 1.165) is 12.0 Å². The van der Waals surface area contributed by atoms with Crippen molar-refractivity contribution in [2.24, 2.45) is 0 Å². The van der Waals surface area contributed by atoms with Crippen molar-refractivity contribution in [3.63, 3.8) is 0 Å². The van der Waals surface area contributed by atoms with Crippen LogP contribution in [0.15, 0.2) is 91.4 Å². The van der Waals surface area contributed by atoms with Crippen LogP contribution in [0.25, 0.3) is 0 Å². The van der Waals surface area contributed by atoms with Crippen molar-refractivity contribution in [3.05, 3.63) is 120 Å². The number of aryl methyl sites for hydroxylation is 1. The van der Waals surface area contributed by atoms with Crippen molar-refractivity contribution in [1.82, 2.24) is 60.5 Å². The molecule has 0 saturated carbocycles. The van der Waals surface area contributed by atoms with Gasteiger partial charge in [0.15, 0.2) is 0 Å². The molecule has 3 atom stereocenters. The number of nitrogens with one attached hydrogen (secondary N) is 4. The molecule has 28 nitrogen and oxygen atoms in total. The fourth-order valence-corrected chi connectivity index (χ4v) is 9.06. The molecule has 5 aromatic rings. The standard InChI is InChI=1S/C57H78N12O16/c70-47-14-5-3-11-41(47)32-66(29-30-67(37-53(76)77)33-42-12-4-6-15-48(42)71)36-51(73)60-24-10-27-69-34-43(63-64-69)39-85-44-19-17-40(18-20-44)31-65(35-49-58-25-28-68(49)38-54(78)79)26-9-1-2-16-50(72)59-23-8-7-13-45(55(80)81)61-57(84)62-46(56(82)83)21-22-52(74)75/h3-6,11-12,14-15,17-20,25,28,34,45-46,51,60,70-71,73H,1-2,7-10,13,16,21-24,26-27,29-33,35-39H2,(H,59,72)(H,74,75)(H,76,77)(H,78,79)(H,80,81)(H,82,83)(H2,61,62,84). The summed E-state index contributed by atoms with van der Waals surface area (Å²) in [5.74, 6) is -4.89. The number of nitrogens with zero attached hydrogens (tertiary/aromatic N) is 8. The number of aliphatic carboxylic acids is 5. The number of amides is 3. The number of rotatable bonds is 43. The van der Waals surface area contributed by atoms with Crippen LogP contribution in [0.2, 0.25) is 0 Å². The lowest BCUT2D eigenvalue weighted by Crippen LogP contribution is -2.51. The Balaban J connectivity index is 1.02. The highest BCUT2D eigenvalue weighted by Crippen LogP contribution is 2.21. The average molecular weight is 1190 g/mol. The fraction of sp³-hybridized carbons (Fsp3) is 0.474. The molecule has 0 aliphatic heterocycles. The van der Waals surface area contributed by atoms with Gasteiger partial charge in [0.1, 0.15) is 60.2 Å². The number of benzene rings is 3. The van der Waals surface area contributed by atoms with Crippen LogP contribution in [-0.4, -0.2) is 186 Å². The van der Waals surface area contributed by atoms with Gasteiger partial charge in [0, 0.05) is 88.7 Å². The molecule has 85 heavy (non-hydrogen) atoms. The number of para-hydroxylation sites is 2. The minimum absolute atomic E-state index is 0.00109. The molecule has 12 N–H and O–H groups in total. The van der Waals surface area contributed by atoms with Gasteiger partial charge in [-0.05, 0) is 87.9 Å². The molecule has 2 aromatic heterocycles. The van der Waals surface area contributed by atoms with Gasteiger partial charge in [-0.1, -0.05) is 60.2 Å². The summed E-state index contributed by atoms with van der Waals surface area (Å²) in [7, 11) is 0. The number of aliphatic hydroxyl groups is 1. The molecule has 3 amide bonds. The Hall–Kier alpha value is -8.70. The Labute approximate surface area is 491 Å². The topological polar surface area (TPSA) is 397 Å². The second-order valence-corrected chi connectivity index (χ2v) is 20.4. The Morgan fingerprint density at radius 1 is 0.635 bits per heavy atom. The molecule has 0 aliphatic rings. The third-order valence-corrected chi connectivity index (χ3v) is 13.5. The lowest BCUT2D eigenvalue weighted by Gasteiger charge is -2.29. The third kappa shape index (κ3) is 26.2. The lowest BCUT2D eigenvalue weighted by atomic mass is 10.1. The molecule has 0 fully saturated rings. The zero-order valence-electron chi connectivity index (χ0n) is 47.3. The van der Waals surface area contributed by atoms with E-state index in [1.54, 1.807) is 81.3 Å². The Bertz CT molecular complexity index is 2910. The van der Waals surface area contributed by atoms with E-state index in [0.29, 0.717) is 113 Å². The first-order valence-corrected chi connectivity index (χ1v) is 28.0. The van der Waals surface area contributed by atoms with Crippen LogP contribution >= 0.6 is 0 Å². The number of phenolic OH excluding ortho intramolecular Hbond substituents is 2. The molecule has 0 saturated heterocycles. The smallest absolute Gasteiger partial charge is 0.326 e. The van der Waals surface area contributed by atoms with Gasteiger partial charge in [0.2, 0.25) is 5.91 Å². The number of hydrogen-bond acceptors (Lipinski definition) is 18. The molecule has 3 aromatic carbocycles. The van der Waals surface area contributed by atoms with Crippen LogP contribution in [-0.2, 0) is 74.6 Å². The van der Waals surface area contributed by atoms with Gasteiger partial charge in [-0.3, -0.25) is 43.9 Å². The van der Waals surface area contributed by atoms with E-state index in [1.807, 2.05) is 29.2 Å². The number of aromatic hydroxyl groups is 2. The summed E-state index contributed by atoms with van der Waals surface area (Å²) in [5, 5.41) is 97.3. The molecule has 0 bridgehead atoms. The molecule has 0 aliphatic carbocycles. The number of carbonyl (C=O) groups excluding carboxylic acids is 2. The maximum absolute atomic E-state index is 12.6. The normalized spacial score (nSPS) is 12.4. The highest BCUT2D eigenvalue weighted by Gasteiger charge is 2.25. The van der Waals surface area contributed by atoms with E-state index in [4.69, 9.17) is 9.84 Å². The van der Waals surface area contributed by atoms with Gasteiger partial charge in [-0.15, -0.1) is 5.10 Å². The predicted octanol–water partition coefficient (Wildman–Crippen LogP) is 2.86. The summed E-state index contributed by atoms with van der Waals surface area (Å²) in [6.45, 7) is 3.67. The van der Waals surface area contributed by atoms with Gasteiger partial charge in [0.25, 0.3) is 0 Å². The number of carboxylic acids is 5. The lowest BCUT2D eigenvalue weighted by molar-refractivity contribution is -0.141. The average Bonchev–Trinajstić information content (AvgIpc) is 4.37. The van der Waals surface area contributed by atoms with Crippen molar-refractivity contribution < 1.29 is 79.2 Å². The molecule has 0 spiro atoms. The predicted molar refractivity (Wildman–Crippen MR) is 305 cm³/mol. The maximum atomic E-state index is 12.6. The molecule has 2 heterocycles. The molecule has 0 radical (unpaired) electrons.